The van der Waals surface area contributed by atoms with Crippen molar-refractivity contribution in [3.05, 3.63) is 190 Å². The Kier molecular flexibility index (Phi) is 36.0. The van der Waals surface area contributed by atoms with Gasteiger partial charge in [-0.15, -0.1) is 0 Å². The lowest BCUT2D eigenvalue weighted by atomic mass is 9.85. The smallest absolute Gasteiger partial charge is 0.170 e. The molecule has 6 saturated carbocycles. The van der Waals surface area contributed by atoms with Gasteiger partial charge in [-0.2, -0.15) is 0 Å². The molecular weight excluding hydrogens is 1700 g/mol. The van der Waals surface area contributed by atoms with Crippen LogP contribution in [0.4, 0.5) is 0 Å². The number of benzene rings is 8. The highest BCUT2D eigenvalue weighted by atomic mass is 35.5. The van der Waals surface area contributed by atoms with E-state index in [0.29, 0.717) is 85.9 Å². The average molecular weight is 1850 g/mol. The summed E-state index contributed by atoms with van der Waals surface area (Å²) in [5, 5.41) is 5.09. The zero-order chi connectivity index (χ0) is 93.6. The van der Waals surface area contributed by atoms with Crippen molar-refractivity contribution in [3.63, 3.8) is 0 Å². The van der Waals surface area contributed by atoms with E-state index in [1.807, 2.05) is 127 Å². The number of carbonyl (C=O) groups is 6. The van der Waals surface area contributed by atoms with Gasteiger partial charge in [0.25, 0.3) is 0 Å². The SMILES string of the molecule is COc1ccc(C(=O)C2CCCN(C3CCC3)C2)c(OC)c1.COc1ccc(C(=O)[C@@H]2CCCN(C3CCC3)C2)c(OC)c1.COc1ccc(C(=O)[C@H]2CCCN(C3CCC3)C2)c(OC)c1.COc1ccc2cc(C(=O)[C@@H]3CCCN(CC4CC4)C3)ccc2c1.COc1ccc2cc(C(=O)[C@H]3CCCN(CC4CC4)C3)ccc2c1.O=C(c1cccc(Cl)c1)C1CCCN(C2CCCC2)C1. The summed E-state index contributed by atoms with van der Waals surface area (Å²) in [7, 11) is 13.0. The van der Waals surface area contributed by atoms with E-state index in [-0.39, 0.29) is 58.6 Å². The molecule has 134 heavy (non-hydrogen) atoms. The lowest BCUT2D eigenvalue weighted by Gasteiger charge is -2.42. The van der Waals surface area contributed by atoms with Crippen molar-refractivity contribution < 1.29 is 66.7 Å². The van der Waals surface area contributed by atoms with Gasteiger partial charge in [0, 0.05) is 152 Å². The highest BCUT2D eigenvalue weighted by molar-refractivity contribution is 6.31. The van der Waals surface area contributed by atoms with E-state index in [9.17, 15) is 28.8 Å². The molecule has 2 unspecified atom stereocenters. The van der Waals surface area contributed by atoms with Crippen LogP contribution in [-0.4, -0.2) is 237 Å². The topological polar surface area (TPSA) is 196 Å². The second-order valence-corrected chi connectivity index (χ2v) is 40.3. The second-order valence-electron chi connectivity index (χ2n) is 39.9. The minimum absolute atomic E-state index is 0.0941. The summed E-state index contributed by atoms with van der Waals surface area (Å²) in [6, 6.07) is 50.8. The summed E-state index contributed by atoms with van der Waals surface area (Å²) in [5.74, 6) is 9.79. The van der Waals surface area contributed by atoms with E-state index >= 15 is 0 Å². The standard InChI is InChI=1S/2C21H25NO2.3C18H25NO3.C17H22ClNO/c2*1-24-20-9-8-16-11-18(7-6-17(16)12-20)21(23)19-3-2-10-22(14-19)13-15-4-5-15;3*1-21-15-8-9-16(17(11-15)22-2)18(20)13-5-4-10-19(12-13)14-6-3-7-14;18-15-7-3-5-13(11-15)17(20)14-6-4-10-19(12-14)16-8-1-2-9-16/h2*6-9,11-12,15,19H,2-5,10,13-14H2,1H3;3*8-9,11,13-14H,3-7,10,12H2,1-2H3;3,5,7,11,14,16H,1-2,4,6,8-10,12H2/t2*19-;2*13-;;/m1010../s1. The largest absolute Gasteiger partial charge is 0.497 e. The fourth-order valence-corrected chi connectivity index (χ4v) is 22.1. The molecule has 0 amide bonds. The molecular formula is C113H147ClN6O14. The Bertz CT molecular complexity index is 4890. The number of piperidine rings is 6. The summed E-state index contributed by atoms with van der Waals surface area (Å²) in [6.45, 7) is 14.9. The molecule has 0 radical (unpaired) electrons. The highest BCUT2D eigenvalue weighted by Crippen LogP contribution is 2.41. The molecule has 6 aliphatic carbocycles. The monoisotopic (exact) mass is 1850 g/mol. The Balaban J connectivity index is 0.000000123. The van der Waals surface area contributed by atoms with Gasteiger partial charge in [0.1, 0.15) is 46.0 Å². The van der Waals surface area contributed by atoms with E-state index < -0.39 is 0 Å². The van der Waals surface area contributed by atoms with Crippen molar-refractivity contribution in [1.82, 2.24) is 29.4 Å². The van der Waals surface area contributed by atoms with Crippen LogP contribution in [0, 0.1) is 47.3 Å². The van der Waals surface area contributed by atoms with Gasteiger partial charge < -0.3 is 47.7 Å². The maximum atomic E-state index is 13.0. The van der Waals surface area contributed by atoms with Gasteiger partial charge in [0.15, 0.2) is 34.7 Å². The van der Waals surface area contributed by atoms with E-state index in [2.05, 4.69) is 29.4 Å². The number of rotatable bonds is 28. The lowest BCUT2D eigenvalue weighted by Crippen LogP contribution is -2.47. The van der Waals surface area contributed by atoms with Crippen molar-refractivity contribution in [1.29, 1.82) is 0 Å². The van der Waals surface area contributed by atoms with Crippen molar-refractivity contribution >= 4 is 67.8 Å². The first-order chi connectivity index (χ1) is 65.4. The van der Waals surface area contributed by atoms with Gasteiger partial charge in [-0.25, -0.2) is 0 Å². The summed E-state index contributed by atoms with van der Waals surface area (Å²) in [5.41, 5.74) is 4.53. The van der Waals surface area contributed by atoms with Crippen molar-refractivity contribution in [2.75, 3.05) is 149 Å². The maximum Gasteiger partial charge on any atom is 0.170 e. The molecule has 0 N–H and O–H groups in total. The van der Waals surface area contributed by atoms with Crippen LogP contribution < -0.4 is 37.9 Å². The van der Waals surface area contributed by atoms with Crippen LogP contribution in [0.25, 0.3) is 21.5 Å². The Labute approximate surface area is 801 Å². The number of Topliss-reactive ketones (excluding diaryl/α,β-unsaturated/α-hetero) is 6. The number of methoxy groups -OCH3 is 8. The molecule has 20 nitrogen and oxygen atoms in total. The van der Waals surface area contributed by atoms with Crippen LogP contribution >= 0.6 is 11.6 Å². The Morgan fingerprint density at radius 1 is 0.261 bits per heavy atom. The van der Waals surface area contributed by atoms with E-state index in [0.717, 1.165) is 217 Å². The van der Waals surface area contributed by atoms with E-state index in [1.54, 1.807) is 81.1 Å². The number of likely N-dealkylation sites (tertiary alicyclic amines) is 6. The molecule has 0 spiro atoms. The first kappa shape index (κ1) is 99.2. The van der Waals surface area contributed by atoms with Crippen molar-refractivity contribution in [2.24, 2.45) is 47.3 Å². The number of nitrogens with zero attached hydrogens (tertiary/aromatic N) is 6. The summed E-state index contributed by atoms with van der Waals surface area (Å²) >= 11 is 6.00. The molecule has 12 aliphatic rings. The maximum absolute atomic E-state index is 13.0. The number of ketones is 6. The van der Waals surface area contributed by atoms with Crippen LogP contribution in [0.15, 0.2) is 152 Å². The molecule has 12 fully saturated rings. The summed E-state index contributed by atoms with van der Waals surface area (Å²) < 4.78 is 42.3. The van der Waals surface area contributed by atoms with Crippen molar-refractivity contribution in [3.8, 4) is 46.0 Å². The number of carbonyl (C=O) groups excluding carboxylic acids is 6. The third kappa shape index (κ3) is 26.4. The molecule has 8 aromatic rings. The molecule has 0 bridgehead atoms. The molecule has 8 aromatic carbocycles. The predicted octanol–water partition coefficient (Wildman–Crippen LogP) is 21.9. The molecule has 6 heterocycles. The van der Waals surface area contributed by atoms with Crippen LogP contribution in [0.5, 0.6) is 46.0 Å². The molecule has 6 saturated heterocycles. The molecule has 0 aromatic heterocycles. The highest BCUT2D eigenvalue weighted by Gasteiger charge is 2.40. The quantitative estimate of drug-likeness (QED) is 0.0419. The number of hydrogen-bond donors (Lipinski definition) is 0. The fourth-order valence-electron chi connectivity index (χ4n) is 22.0. The van der Waals surface area contributed by atoms with Gasteiger partial charge in [0.2, 0.25) is 0 Å². The number of ether oxygens (including phenoxy) is 8. The average Bonchev–Trinajstić information content (AvgIpc) is 1.62. The number of hydrogen-bond acceptors (Lipinski definition) is 20. The zero-order valence-electron chi connectivity index (χ0n) is 81.0. The van der Waals surface area contributed by atoms with Gasteiger partial charge in [0.05, 0.1) is 73.6 Å². The van der Waals surface area contributed by atoms with Gasteiger partial charge >= 0.3 is 0 Å². The van der Waals surface area contributed by atoms with Crippen LogP contribution in [0.3, 0.4) is 0 Å². The predicted molar refractivity (Wildman–Crippen MR) is 533 cm³/mol. The summed E-state index contributed by atoms with van der Waals surface area (Å²) in [6.07, 6.45) is 35.5. The van der Waals surface area contributed by atoms with E-state index in [1.165, 1.54) is 129 Å². The molecule has 6 aliphatic heterocycles. The van der Waals surface area contributed by atoms with Gasteiger partial charge in [-0.05, 0) is 312 Å². The third-order valence-corrected chi connectivity index (χ3v) is 31.1. The van der Waals surface area contributed by atoms with E-state index in [4.69, 9.17) is 49.5 Å². The Morgan fingerprint density at radius 2 is 0.537 bits per heavy atom. The third-order valence-electron chi connectivity index (χ3n) is 30.9. The summed E-state index contributed by atoms with van der Waals surface area (Å²) in [4.78, 5) is 92.4. The van der Waals surface area contributed by atoms with Crippen molar-refractivity contribution in [2.45, 2.75) is 210 Å². The molecule has 21 heteroatoms. The first-order valence-electron chi connectivity index (χ1n) is 50.6. The Morgan fingerprint density at radius 3 is 0.836 bits per heavy atom. The van der Waals surface area contributed by atoms with Gasteiger partial charge in [-0.3, -0.25) is 48.4 Å². The zero-order valence-corrected chi connectivity index (χ0v) is 81.8. The second kappa shape index (κ2) is 48.7. The van der Waals surface area contributed by atoms with Crippen LogP contribution in [0.2, 0.25) is 5.02 Å². The fraction of sp³-hybridized carbons (Fsp3) is 0.558. The molecule has 20 rings (SSSR count). The first-order valence-corrected chi connectivity index (χ1v) is 51.0. The molecule has 6 atom stereocenters. The van der Waals surface area contributed by atoms with Crippen LogP contribution in [-0.2, 0) is 0 Å². The number of fused-ring (bicyclic) bond motifs is 2. The number of halogens is 1. The minimum atomic E-state index is 0.0941. The lowest BCUT2D eigenvalue weighted by molar-refractivity contribution is 0.0606. The van der Waals surface area contributed by atoms with Crippen LogP contribution in [0.1, 0.15) is 248 Å². The minimum Gasteiger partial charge on any atom is -0.497 e. The normalized spacial score (nSPS) is 22.8. The Hall–Kier alpha value is -9.25. The van der Waals surface area contributed by atoms with Gasteiger partial charge in [-0.1, -0.05) is 92.2 Å². The molecule has 720 valence electrons.